The number of hydrogen-bond acceptors (Lipinski definition) is 1. The molecule has 0 unspecified atom stereocenters. The lowest BCUT2D eigenvalue weighted by atomic mass is 10.2. The fraction of sp³-hybridized carbons (Fsp3) is 0.333. The van der Waals surface area contributed by atoms with E-state index < -0.39 is 24.8 Å². The van der Waals surface area contributed by atoms with Gasteiger partial charge < -0.3 is 4.74 Å². The van der Waals surface area contributed by atoms with E-state index in [1.165, 1.54) is 12.1 Å². The molecule has 0 spiro atoms. The maximum atomic E-state index is 12.4. The molecule has 0 bridgehead atoms. The van der Waals surface area contributed by atoms with E-state index in [0.29, 0.717) is 0 Å². The molecule has 0 radical (unpaired) electrons. The molecule has 1 nitrogen and oxygen atoms in total. The second-order valence-corrected chi connectivity index (χ2v) is 3.66. The van der Waals surface area contributed by atoms with Gasteiger partial charge in [0.25, 0.3) is 6.43 Å². The van der Waals surface area contributed by atoms with Gasteiger partial charge in [-0.05, 0) is 22.0 Å². The molecule has 1 aromatic rings. The van der Waals surface area contributed by atoms with Gasteiger partial charge in [-0.25, -0.2) is 8.78 Å². The lowest BCUT2D eigenvalue weighted by Crippen LogP contribution is -2.19. The summed E-state index contributed by atoms with van der Waals surface area (Å²) in [7, 11) is 0. The summed E-state index contributed by atoms with van der Waals surface area (Å²) in [5.74, 6) is -0.255. The molecule has 0 fully saturated rings. The molecule has 0 aromatic heterocycles. The van der Waals surface area contributed by atoms with Gasteiger partial charge >= 0.3 is 6.18 Å². The number of alkyl halides is 5. The summed E-state index contributed by atoms with van der Waals surface area (Å²) in [5, 5.41) is 0. The standard InChI is InChI=1S/C9H6BrF5O/c10-7-5(8(11)12)2-1-3-6(7)16-4-9(13,14)15/h1-3,8H,4H2. The van der Waals surface area contributed by atoms with Crippen molar-refractivity contribution < 1.29 is 26.7 Å². The average Bonchev–Trinajstić information content (AvgIpc) is 2.14. The lowest BCUT2D eigenvalue weighted by molar-refractivity contribution is -0.153. The van der Waals surface area contributed by atoms with Gasteiger partial charge in [0.2, 0.25) is 0 Å². The van der Waals surface area contributed by atoms with Crippen LogP contribution in [0.1, 0.15) is 12.0 Å². The highest BCUT2D eigenvalue weighted by molar-refractivity contribution is 9.10. The monoisotopic (exact) mass is 304 g/mol. The van der Waals surface area contributed by atoms with Crippen molar-refractivity contribution in [3.8, 4) is 5.75 Å². The van der Waals surface area contributed by atoms with E-state index in [9.17, 15) is 22.0 Å². The van der Waals surface area contributed by atoms with E-state index in [2.05, 4.69) is 20.7 Å². The summed E-state index contributed by atoms with van der Waals surface area (Å²) in [6, 6.07) is 3.49. The molecule has 7 heteroatoms. The smallest absolute Gasteiger partial charge is 0.422 e. The Hall–Kier alpha value is -0.850. The molecule has 1 aromatic carbocycles. The zero-order chi connectivity index (χ0) is 12.3. The Morgan fingerprint density at radius 1 is 1.25 bits per heavy atom. The molecule has 0 saturated heterocycles. The number of halogens is 6. The minimum absolute atomic E-state index is 0.158. The van der Waals surface area contributed by atoms with Crippen LogP contribution < -0.4 is 4.74 Å². The van der Waals surface area contributed by atoms with Crippen LogP contribution in [-0.4, -0.2) is 12.8 Å². The molecule has 0 aliphatic rings. The van der Waals surface area contributed by atoms with E-state index in [0.717, 1.165) is 6.07 Å². The maximum Gasteiger partial charge on any atom is 0.422 e. The molecule has 0 aliphatic carbocycles. The van der Waals surface area contributed by atoms with Crippen LogP contribution >= 0.6 is 15.9 Å². The highest BCUT2D eigenvalue weighted by Gasteiger charge is 2.29. The van der Waals surface area contributed by atoms with E-state index in [1.807, 2.05) is 0 Å². The van der Waals surface area contributed by atoms with Crippen LogP contribution in [0, 0.1) is 0 Å². The molecule has 16 heavy (non-hydrogen) atoms. The molecule has 0 atom stereocenters. The summed E-state index contributed by atoms with van der Waals surface area (Å²) in [5.41, 5.74) is -0.403. The first-order valence-corrected chi connectivity index (χ1v) is 4.86. The van der Waals surface area contributed by atoms with Crippen LogP contribution in [-0.2, 0) is 0 Å². The van der Waals surface area contributed by atoms with E-state index in [4.69, 9.17) is 0 Å². The van der Waals surface area contributed by atoms with Gasteiger partial charge in [-0.3, -0.25) is 0 Å². The Balaban J connectivity index is 2.85. The van der Waals surface area contributed by atoms with Crippen molar-refractivity contribution in [3.05, 3.63) is 28.2 Å². The Morgan fingerprint density at radius 3 is 2.38 bits per heavy atom. The predicted molar refractivity (Wildman–Crippen MR) is 50.6 cm³/mol. The Labute approximate surface area is 96.3 Å². The number of ether oxygens (including phenoxy) is 1. The van der Waals surface area contributed by atoms with Gasteiger partial charge in [-0.1, -0.05) is 12.1 Å². The topological polar surface area (TPSA) is 9.23 Å². The molecule has 0 saturated carbocycles. The molecule has 1 rings (SSSR count). The van der Waals surface area contributed by atoms with Crippen molar-refractivity contribution in [2.75, 3.05) is 6.61 Å². The lowest BCUT2D eigenvalue weighted by Gasteiger charge is -2.12. The van der Waals surface area contributed by atoms with Crippen molar-refractivity contribution in [3.63, 3.8) is 0 Å². The Morgan fingerprint density at radius 2 is 1.88 bits per heavy atom. The van der Waals surface area contributed by atoms with Crippen LogP contribution in [0.25, 0.3) is 0 Å². The van der Waals surface area contributed by atoms with Gasteiger partial charge in [0.15, 0.2) is 6.61 Å². The first kappa shape index (κ1) is 13.2. The number of rotatable bonds is 3. The number of benzene rings is 1. The van der Waals surface area contributed by atoms with Crippen molar-refractivity contribution >= 4 is 15.9 Å². The second-order valence-electron chi connectivity index (χ2n) is 2.86. The Bertz CT molecular complexity index is 363. The molecule has 90 valence electrons. The van der Waals surface area contributed by atoms with Gasteiger partial charge in [0.1, 0.15) is 5.75 Å². The quantitative estimate of drug-likeness (QED) is 0.755. The van der Waals surface area contributed by atoms with Crippen LogP contribution in [0.2, 0.25) is 0 Å². The van der Waals surface area contributed by atoms with Crippen LogP contribution in [0.5, 0.6) is 5.75 Å². The second kappa shape index (κ2) is 4.99. The number of hydrogen-bond donors (Lipinski definition) is 0. The molecule has 0 amide bonds. The maximum absolute atomic E-state index is 12.4. The summed E-state index contributed by atoms with van der Waals surface area (Å²) in [4.78, 5) is 0. The minimum Gasteiger partial charge on any atom is -0.483 e. The molecule has 0 heterocycles. The van der Waals surface area contributed by atoms with Gasteiger partial charge in [-0.15, -0.1) is 0 Å². The largest absolute Gasteiger partial charge is 0.483 e. The normalized spacial score (nSPS) is 11.9. The van der Waals surface area contributed by atoms with E-state index in [1.54, 1.807) is 0 Å². The third-order valence-corrected chi connectivity index (χ3v) is 2.47. The Kier molecular flexibility index (Phi) is 4.12. The predicted octanol–water partition coefficient (Wildman–Crippen LogP) is 4.33. The summed E-state index contributed by atoms with van der Waals surface area (Å²) >= 11 is 2.78. The fourth-order valence-electron chi connectivity index (χ4n) is 0.967. The minimum atomic E-state index is -4.50. The summed E-state index contributed by atoms with van der Waals surface area (Å²) in [6.07, 6.45) is -7.27. The first-order valence-electron chi connectivity index (χ1n) is 4.07. The van der Waals surface area contributed by atoms with Gasteiger partial charge in [0.05, 0.1) is 4.47 Å². The van der Waals surface area contributed by atoms with E-state index >= 15 is 0 Å². The first-order chi connectivity index (χ1) is 7.31. The fourth-order valence-corrected chi connectivity index (χ4v) is 1.52. The van der Waals surface area contributed by atoms with Crippen LogP contribution in [0.4, 0.5) is 22.0 Å². The highest BCUT2D eigenvalue weighted by Crippen LogP contribution is 2.35. The van der Waals surface area contributed by atoms with Gasteiger partial charge in [0, 0.05) is 5.56 Å². The highest BCUT2D eigenvalue weighted by atomic mass is 79.9. The molecule has 0 N–H and O–H groups in total. The zero-order valence-corrected chi connectivity index (χ0v) is 9.28. The van der Waals surface area contributed by atoms with Crippen LogP contribution in [0.15, 0.2) is 22.7 Å². The SMILES string of the molecule is FC(F)c1cccc(OCC(F)(F)F)c1Br. The third kappa shape index (κ3) is 3.62. The van der Waals surface area contributed by atoms with E-state index in [-0.39, 0.29) is 10.2 Å². The van der Waals surface area contributed by atoms with Crippen molar-refractivity contribution in [1.82, 2.24) is 0 Å². The molecular formula is C9H6BrF5O. The summed E-state index contributed by atoms with van der Waals surface area (Å²) in [6.45, 7) is -1.52. The molecular weight excluding hydrogens is 299 g/mol. The zero-order valence-electron chi connectivity index (χ0n) is 7.69. The van der Waals surface area contributed by atoms with Crippen molar-refractivity contribution in [2.45, 2.75) is 12.6 Å². The molecule has 0 aliphatic heterocycles. The van der Waals surface area contributed by atoms with Crippen molar-refractivity contribution in [2.24, 2.45) is 0 Å². The third-order valence-electron chi connectivity index (χ3n) is 1.62. The van der Waals surface area contributed by atoms with Crippen LogP contribution in [0.3, 0.4) is 0 Å². The summed E-state index contributed by atoms with van der Waals surface area (Å²) < 4.78 is 64.5. The average molecular weight is 305 g/mol. The van der Waals surface area contributed by atoms with Crippen molar-refractivity contribution in [1.29, 1.82) is 0 Å². The van der Waals surface area contributed by atoms with Gasteiger partial charge in [-0.2, -0.15) is 13.2 Å².